The molecule has 1 fully saturated rings. The van der Waals surface area contributed by atoms with E-state index in [2.05, 4.69) is 10.9 Å². The number of rotatable bonds is 6. The average Bonchev–Trinajstić information content (AvgIpc) is 3.01. The van der Waals surface area contributed by atoms with Crippen LogP contribution in [0.15, 0.2) is 53.4 Å². The first-order valence-corrected chi connectivity index (χ1v) is 10.8. The summed E-state index contributed by atoms with van der Waals surface area (Å²) in [6.07, 6.45) is 2.16. The summed E-state index contributed by atoms with van der Waals surface area (Å²) in [5, 5.41) is 9.77. The minimum atomic E-state index is -0.505. The van der Waals surface area contributed by atoms with Crippen molar-refractivity contribution in [2.24, 2.45) is 0 Å². The molecule has 160 valence electrons. The highest BCUT2D eigenvalue weighted by Crippen LogP contribution is 2.33. The van der Waals surface area contributed by atoms with Gasteiger partial charge < -0.3 is 5.11 Å². The molecule has 0 atom stereocenters. The maximum absolute atomic E-state index is 12.6. The lowest BCUT2D eigenvalue weighted by molar-refractivity contribution is -0.124. The number of aromatic hydroxyl groups is 1. The standard InChI is InChI=1S/C21H18ClN3O4S2/c22-16-5-2-1-4-14(16)12-17-20(29)25(21(30)31-17)11-3-6-18(27)23-24-19(28)13-7-9-15(26)10-8-13/h1-2,4-5,7-10,12,26H,3,6,11H2,(H,23,27)(H,24,28)/b17-12+. The minimum Gasteiger partial charge on any atom is -0.508 e. The van der Waals surface area contributed by atoms with Crippen LogP contribution in [-0.4, -0.2) is 38.6 Å². The van der Waals surface area contributed by atoms with Crippen LogP contribution < -0.4 is 10.9 Å². The van der Waals surface area contributed by atoms with E-state index in [0.29, 0.717) is 26.2 Å². The van der Waals surface area contributed by atoms with Crippen molar-refractivity contribution in [2.45, 2.75) is 12.8 Å². The number of thioether (sulfide) groups is 1. The van der Waals surface area contributed by atoms with Crippen LogP contribution >= 0.6 is 35.6 Å². The van der Waals surface area contributed by atoms with Crippen LogP contribution in [0.5, 0.6) is 5.75 Å². The number of nitrogens with one attached hydrogen (secondary N) is 2. The van der Waals surface area contributed by atoms with E-state index in [0.717, 1.165) is 5.56 Å². The van der Waals surface area contributed by atoms with Gasteiger partial charge in [0.2, 0.25) is 5.91 Å². The Morgan fingerprint density at radius 2 is 1.84 bits per heavy atom. The summed E-state index contributed by atoms with van der Waals surface area (Å²) < 4.78 is 0.421. The molecule has 2 aromatic rings. The van der Waals surface area contributed by atoms with Gasteiger partial charge in [0.05, 0.1) is 4.91 Å². The molecule has 0 saturated carbocycles. The second kappa shape index (κ2) is 10.4. The summed E-state index contributed by atoms with van der Waals surface area (Å²) >= 11 is 12.6. The van der Waals surface area contributed by atoms with Gasteiger partial charge in [0.25, 0.3) is 11.8 Å². The molecule has 1 aliphatic rings. The fraction of sp³-hybridized carbons (Fsp3) is 0.143. The van der Waals surface area contributed by atoms with Crippen LogP contribution in [0.1, 0.15) is 28.8 Å². The number of phenols is 1. The van der Waals surface area contributed by atoms with Gasteiger partial charge in [-0.3, -0.25) is 30.1 Å². The molecule has 1 saturated heterocycles. The smallest absolute Gasteiger partial charge is 0.269 e. The third-order valence-electron chi connectivity index (χ3n) is 4.30. The molecule has 0 aromatic heterocycles. The first-order valence-electron chi connectivity index (χ1n) is 9.23. The summed E-state index contributed by atoms with van der Waals surface area (Å²) in [4.78, 5) is 38.5. The van der Waals surface area contributed by atoms with Crippen LogP contribution in [0.4, 0.5) is 0 Å². The average molecular weight is 476 g/mol. The first-order chi connectivity index (χ1) is 14.8. The SMILES string of the molecule is O=C(CCCN1C(=O)/C(=C\c2ccccc2Cl)SC1=S)NNC(=O)c1ccc(O)cc1. The van der Waals surface area contributed by atoms with Gasteiger partial charge in [-0.2, -0.15) is 0 Å². The molecule has 10 heteroatoms. The molecule has 0 radical (unpaired) electrons. The van der Waals surface area contributed by atoms with Crippen molar-refractivity contribution in [3.63, 3.8) is 0 Å². The molecule has 0 spiro atoms. The van der Waals surface area contributed by atoms with E-state index in [1.54, 1.807) is 12.1 Å². The zero-order valence-corrected chi connectivity index (χ0v) is 18.5. The summed E-state index contributed by atoms with van der Waals surface area (Å²) in [6, 6.07) is 12.8. The highest BCUT2D eigenvalue weighted by atomic mass is 35.5. The van der Waals surface area contributed by atoms with Crippen molar-refractivity contribution in [1.29, 1.82) is 0 Å². The van der Waals surface area contributed by atoms with Gasteiger partial charge in [0.15, 0.2) is 0 Å². The minimum absolute atomic E-state index is 0.0398. The topological polar surface area (TPSA) is 98.7 Å². The maximum Gasteiger partial charge on any atom is 0.269 e. The molecule has 0 aliphatic carbocycles. The van der Waals surface area contributed by atoms with E-state index in [1.165, 1.54) is 40.9 Å². The molecular formula is C21H18ClN3O4S2. The van der Waals surface area contributed by atoms with Crippen molar-refractivity contribution < 1.29 is 19.5 Å². The van der Waals surface area contributed by atoms with Crippen molar-refractivity contribution in [2.75, 3.05) is 6.54 Å². The van der Waals surface area contributed by atoms with Gasteiger partial charge in [0, 0.05) is 23.6 Å². The predicted octanol–water partition coefficient (Wildman–Crippen LogP) is 3.49. The highest BCUT2D eigenvalue weighted by molar-refractivity contribution is 8.26. The Kier molecular flexibility index (Phi) is 7.67. The largest absolute Gasteiger partial charge is 0.508 e. The molecule has 0 bridgehead atoms. The van der Waals surface area contributed by atoms with E-state index < -0.39 is 11.8 Å². The molecule has 3 N–H and O–H groups in total. The van der Waals surface area contributed by atoms with E-state index in [9.17, 15) is 19.5 Å². The normalized spacial score (nSPS) is 14.7. The van der Waals surface area contributed by atoms with E-state index in [1.807, 2.05) is 18.2 Å². The fourth-order valence-electron chi connectivity index (χ4n) is 2.70. The monoisotopic (exact) mass is 475 g/mol. The Labute approximate surface area is 193 Å². The van der Waals surface area contributed by atoms with Crippen molar-refractivity contribution >= 4 is 63.7 Å². The van der Waals surface area contributed by atoms with E-state index in [-0.39, 0.29) is 24.6 Å². The Bertz CT molecular complexity index is 1060. The van der Waals surface area contributed by atoms with Crippen LogP contribution in [0.25, 0.3) is 6.08 Å². The number of benzene rings is 2. The molecule has 7 nitrogen and oxygen atoms in total. The molecule has 2 aromatic carbocycles. The lowest BCUT2D eigenvalue weighted by atomic mass is 10.2. The number of nitrogens with zero attached hydrogens (tertiary/aromatic N) is 1. The zero-order valence-electron chi connectivity index (χ0n) is 16.1. The van der Waals surface area contributed by atoms with Crippen LogP contribution in [0.3, 0.4) is 0 Å². The molecule has 0 unspecified atom stereocenters. The second-order valence-corrected chi connectivity index (χ2v) is 8.59. The van der Waals surface area contributed by atoms with Crippen LogP contribution in [-0.2, 0) is 9.59 Å². The number of hydrazine groups is 1. The Morgan fingerprint density at radius 3 is 2.55 bits per heavy atom. The number of phenolic OH excluding ortho intramolecular Hbond substituents is 1. The van der Waals surface area contributed by atoms with Gasteiger partial charge in [-0.15, -0.1) is 0 Å². The number of thiocarbonyl (C=S) groups is 1. The molecular weight excluding hydrogens is 458 g/mol. The predicted molar refractivity (Wildman–Crippen MR) is 124 cm³/mol. The first kappa shape index (κ1) is 22.8. The second-order valence-electron chi connectivity index (χ2n) is 6.51. The molecule has 3 rings (SSSR count). The van der Waals surface area contributed by atoms with Crippen LogP contribution in [0.2, 0.25) is 5.02 Å². The Morgan fingerprint density at radius 1 is 1.13 bits per heavy atom. The van der Waals surface area contributed by atoms with Gasteiger partial charge >= 0.3 is 0 Å². The van der Waals surface area contributed by atoms with Gasteiger partial charge in [0.1, 0.15) is 10.1 Å². The van der Waals surface area contributed by atoms with Crippen molar-refractivity contribution in [1.82, 2.24) is 15.8 Å². The Hall–Kier alpha value is -2.88. The lowest BCUT2D eigenvalue weighted by Crippen LogP contribution is -2.41. The van der Waals surface area contributed by atoms with Gasteiger partial charge in [-0.25, -0.2) is 0 Å². The molecule has 3 amide bonds. The lowest BCUT2D eigenvalue weighted by Gasteiger charge is -2.14. The summed E-state index contributed by atoms with van der Waals surface area (Å²) in [5.41, 5.74) is 5.65. The number of carbonyl (C=O) groups is 3. The quantitative estimate of drug-likeness (QED) is 0.336. The number of carbonyl (C=O) groups excluding carboxylic acids is 3. The number of hydrogen-bond donors (Lipinski definition) is 3. The van der Waals surface area contributed by atoms with E-state index >= 15 is 0 Å². The highest BCUT2D eigenvalue weighted by Gasteiger charge is 2.31. The number of halogens is 1. The fourth-order valence-corrected chi connectivity index (χ4v) is 4.19. The van der Waals surface area contributed by atoms with E-state index in [4.69, 9.17) is 23.8 Å². The van der Waals surface area contributed by atoms with Gasteiger partial charge in [-0.1, -0.05) is 53.8 Å². The zero-order chi connectivity index (χ0) is 22.4. The molecule has 31 heavy (non-hydrogen) atoms. The number of hydrogen-bond acceptors (Lipinski definition) is 6. The van der Waals surface area contributed by atoms with Gasteiger partial charge in [-0.05, 0) is 48.4 Å². The molecule has 1 heterocycles. The third kappa shape index (κ3) is 6.06. The summed E-state index contributed by atoms with van der Waals surface area (Å²) in [6.45, 7) is 0.282. The molecule has 1 aliphatic heterocycles. The van der Waals surface area contributed by atoms with Crippen molar-refractivity contribution in [3.05, 3.63) is 69.6 Å². The van der Waals surface area contributed by atoms with Crippen LogP contribution in [0, 0.1) is 0 Å². The number of amides is 3. The summed E-state index contributed by atoms with van der Waals surface area (Å²) in [7, 11) is 0. The Balaban J connectivity index is 1.46. The third-order valence-corrected chi connectivity index (χ3v) is 6.02. The summed E-state index contributed by atoms with van der Waals surface area (Å²) in [5.74, 6) is -1.09. The maximum atomic E-state index is 12.6. The van der Waals surface area contributed by atoms with Crippen molar-refractivity contribution in [3.8, 4) is 5.75 Å².